The van der Waals surface area contributed by atoms with Gasteiger partial charge in [0.1, 0.15) is 0 Å². The molecule has 0 aromatic carbocycles. The fraction of sp³-hybridized carbons (Fsp3) is 0.870. The molecule has 146 valence electrons. The molecule has 0 unspecified atom stereocenters. The number of carboxylic acid groups (broad SMARTS) is 1. The minimum Gasteiger partial charge on any atom is -0.550 e. The van der Waals surface area contributed by atoms with Crippen LogP contribution in [0.25, 0.3) is 0 Å². The van der Waals surface area contributed by atoms with E-state index in [1.165, 1.54) is 38.5 Å². The van der Waals surface area contributed by atoms with E-state index in [4.69, 9.17) is 0 Å². The van der Waals surface area contributed by atoms with Crippen molar-refractivity contribution in [3.63, 3.8) is 0 Å². The highest BCUT2D eigenvalue weighted by Crippen LogP contribution is 2.34. The van der Waals surface area contributed by atoms with Crippen molar-refractivity contribution in [3.05, 3.63) is 12.7 Å². The Labute approximate surface area is 156 Å². The third kappa shape index (κ3) is 11.4. The summed E-state index contributed by atoms with van der Waals surface area (Å²) >= 11 is 0. The third-order valence-corrected chi connectivity index (χ3v) is 6.06. The number of carbonyl (C=O) groups is 1. The van der Waals surface area contributed by atoms with Crippen LogP contribution in [0, 0.1) is 17.8 Å². The van der Waals surface area contributed by atoms with Gasteiger partial charge in [0.25, 0.3) is 0 Å². The minimum absolute atomic E-state index is 0.297. The molecule has 2 saturated carbocycles. The van der Waals surface area contributed by atoms with Gasteiger partial charge >= 0.3 is 0 Å². The average molecular weight is 350 g/mol. The van der Waals surface area contributed by atoms with E-state index in [2.05, 4.69) is 6.58 Å². The van der Waals surface area contributed by atoms with Crippen LogP contribution in [-0.4, -0.2) is 5.97 Å². The molecule has 0 bridgehead atoms. The normalized spacial score (nSPS) is 20.4. The maximum Gasteiger partial charge on any atom is 0.0442 e. The zero-order valence-corrected chi connectivity index (χ0v) is 16.6. The third-order valence-electron chi connectivity index (χ3n) is 6.06. The van der Waals surface area contributed by atoms with Gasteiger partial charge in [-0.25, -0.2) is 0 Å². The van der Waals surface area contributed by atoms with Gasteiger partial charge < -0.3 is 9.90 Å². The number of hydrogen-bond acceptors (Lipinski definition) is 2. The molecule has 0 saturated heterocycles. The zero-order chi connectivity index (χ0) is 18.3. The molecule has 2 rings (SSSR count). The second kappa shape index (κ2) is 14.4. The van der Waals surface area contributed by atoms with E-state index in [-0.39, 0.29) is 5.92 Å². The lowest BCUT2D eigenvalue weighted by Crippen LogP contribution is -2.29. The molecule has 2 heteroatoms. The summed E-state index contributed by atoms with van der Waals surface area (Å²) in [6, 6.07) is 0. The summed E-state index contributed by atoms with van der Waals surface area (Å²) in [6.45, 7) is 5.31. The molecule has 2 aliphatic rings. The molecule has 0 aliphatic heterocycles. The molecular weight excluding hydrogens is 308 g/mol. The van der Waals surface area contributed by atoms with E-state index >= 15 is 0 Å². The lowest BCUT2D eigenvalue weighted by molar-refractivity contribution is -0.311. The Morgan fingerprint density at radius 1 is 0.960 bits per heavy atom. The molecule has 1 atom stereocenters. The standard InChI is InChI=1S/C13H24.C10H18O2/c1-3-7-12(8-4-1)11-13-9-5-2-6-10-13;1-3-4-5-6-7-8-9(2)10(11)12/h12-13H,1-11H2;3,9H,1,4-8H2,2H3,(H,11,12)/p-1/t;9-/m.0/s1. The van der Waals surface area contributed by atoms with Gasteiger partial charge in [0.05, 0.1) is 0 Å². The van der Waals surface area contributed by atoms with Crippen LogP contribution < -0.4 is 5.11 Å². The van der Waals surface area contributed by atoms with Crippen LogP contribution in [-0.2, 0) is 4.79 Å². The van der Waals surface area contributed by atoms with E-state index in [9.17, 15) is 9.90 Å². The predicted molar refractivity (Wildman–Crippen MR) is 105 cm³/mol. The Bertz CT molecular complexity index is 322. The molecule has 2 fully saturated rings. The number of hydrogen-bond donors (Lipinski definition) is 0. The Morgan fingerprint density at radius 3 is 1.92 bits per heavy atom. The van der Waals surface area contributed by atoms with Gasteiger partial charge in [0.2, 0.25) is 0 Å². The summed E-state index contributed by atoms with van der Waals surface area (Å²) in [5.74, 6) is 1.01. The van der Waals surface area contributed by atoms with Crippen molar-refractivity contribution >= 4 is 5.97 Å². The van der Waals surface area contributed by atoms with E-state index in [1.54, 1.807) is 39.0 Å². The smallest absolute Gasteiger partial charge is 0.0442 e. The molecule has 0 aromatic heterocycles. The lowest BCUT2D eigenvalue weighted by atomic mass is 9.78. The summed E-state index contributed by atoms with van der Waals surface area (Å²) in [7, 11) is 0. The largest absolute Gasteiger partial charge is 0.550 e. The van der Waals surface area contributed by atoms with Gasteiger partial charge in [-0.3, -0.25) is 0 Å². The average Bonchev–Trinajstić information content (AvgIpc) is 2.63. The van der Waals surface area contributed by atoms with E-state index in [0.29, 0.717) is 0 Å². The maximum atomic E-state index is 10.3. The Kier molecular flexibility index (Phi) is 12.8. The molecule has 0 spiro atoms. The van der Waals surface area contributed by atoms with Crippen molar-refractivity contribution < 1.29 is 9.90 Å². The van der Waals surface area contributed by atoms with Crippen molar-refractivity contribution in [2.75, 3.05) is 0 Å². The second-order valence-electron chi connectivity index (χ2n) is 8.39. The monoisotopic (exact) mass is 349 g/mol. The number of carbonyl (C=O) groups excluding carboxylic acids is 1. The number of carboxylic acids is 1. The molecule has 0 N–H and O–H groups in total. The maximum absolute atomic E-state index is 10.3. The van der Waals surface area contributed by atoms with Crippen molar-refractivity contribution in [3.8, 4) is 0 Å². The topological polar surface area (TPSA) is 40.1 Å². The first-order chi connectivity index (χ1) is 12.1. The summed E-state index contributed by atoms with van der Waals surface area (Å²) in [5.41, 5.74) is 0. The van der Waals surface area contributed by atoms with Gasteiger partial charge in [-0.15, -0.1) is 6.58 Å². The van der Waals surface area contributed by atoms with E-state index in [0.717, 1.165) is 43.9 Å². The first-order valence-corrected chi connectivity index (χ1v) is 10.9. The highest BCUT2D eigenvalue weighted by atomic mass is 16.4. The number of aliphatic carboxylic acids is 1. The SMILES string of the molecule is C1CCC(CC2CCCCC2)CC1.C=CCCCCC[C@H](C)C(=O)[O-]. The van der Waals surface area contributed by atoms with Crippen molar-refractivity contribution in [2.24, 2.45) is 17.8 Å². The van der Waals surface area contributed by atoms with Crippen LogP contribution in [0.5, 0.6) is 0 Å². The summed E-state index contributed by atoms with van der Waals surface area (Å²) in [4.78, 5) is 10.3. The lowest BCUT2D eigenvalue weighted by Gasteiger charge is -2.28. The Hall–Kier alpha value is -0.790. The van der Waals surface area contributed by atoms with Gasteiger partial charge in [0, 0.05) is 5.97 Å². The van der Waals surface area contributed by atoms with Gasteiger partial charge in [-0.1, -0.05) is 90.0 Å². The molecule has 0 aromatic rings. The first kappa shape index (κ1) is 22.3. The molecule has 2 nitrogen and oxygen atoms in total. The molecule has 0 heterocycles. The highest BCUT2D eigenvalue weighted by Gasteiger charge is 2.20. The summed E-state index contributed by atoms with van der Waals surface area (Å²) in [5, 5.41) is 10.3. The van der Waals surface area contributed by atoms with Crippen molar-refractivity contribution in [1.82, 2.24) is 0 Å². The van der Waals surface area contributed by atoms with Crippen molar-refractivity contribution in [1.29, 1.82) is 0 Å². The Morgan fingerprint density at radius 2 is 1.48 bits per heavy atom. The quantitative estimate of drug-likeness (QED) is 0.376. The highest BCUT2D eigenvalue weighted by molar-refractivity contribution is 5.66. The van der Waals surface area contributed by atoms with Gasteiger partial charge in [-0.2, -0.15) is 0 Å². The molecule has 25 heavy (non-hydrogen) atoms. The predicted octanol–water partition coefficient (Wildman–Crippen LogP) is 6.05. The van der Waals surface area contributed by atoms with Crippen LogP contribution in [0.3, 0.4) is 0 Å². The Balaban J connectivity index is 0.000000252. The number of rotatable bonds is 9. The van der Waals surface area contributed by atoms with Crippen LogP contribution >= 0.6 is 0 Å². The fourth-order valence-corrected chi connectivity index (χ4v) is 4.35. The molecule has 0 amide bonds. The number of allylic oxidation sites excluding steroid dienone is 1. The van der Waals surface area contributed by atoms with E-state index < -0.39 is 5.97 Å². The van der Waals surface area contributed by atoms with Gasteiger partial charge in [-0.05, 0) is 43.4 Å². The zero-order valence-electron chi connectivity index (χ0n) is 16.6. The van der Waals surface area contributed by atoms with Crippen molar-refractivity contribution in [2.45, 2.75) is 110 Å². The fourth-order valence-electron chi connectivity index (χ4n) is 4.35. The molecule has 0 radical (unpaired) electrons. The van der Waals surface area contributed by atoms with Crippen LogP contribution in [0.1, 0.15) is 110 Å². The second-order valence-corrected chi connectivity index (χ2v) is 8.39. The van der Waals surface area contributed by atoms with E-state index in [1.807, 2.05) is 6.08 Å². The van der Waals surface area contributed by atoms with Gasteiger partial charge in [0.15, 0.2) is 0 Å². The van der Waals surface area contributed by atoms with Crippen LogP contribution in [0.4, 0.5) is 0 Å². The molecule has 2 aliphatic carbocycles. The van der Waals surface area contributed by atoms with Crippen LogP contribution in [0.15, 0.2) is 12.7 Å². The molecular formula is C23H41O2-. The summed E-state index contributed by atoms with van der Waals surface area (Å²) in [6.07, 6.45) is 23.8. The first-order valence-electron chi connectivity index (χ1n) is 10.9. The number of unbranched alkanes of at least 4 members (excludes halogenated alkanes) is 3. The minimum atomic E-state index is -0.932. The summed E-state index contributed by atoms with van der Waals surface area (Å²) < 4.78 is 0. The van der Waals surface area contributed by atoms with Crippen LogP contribution in [0.2, 0.25) is 0 Å².